The van der Waals surface area contributed by atoms with Gasteiger partial charge in [0.15, 0.2) is 0 Å². The molecule has 1 aromatic heterocycles. The van der Waals surface area contributed by atoms with Crippen molar-refractivity contribution >= 4 is 11.9 Å². The van der Waals surface area contributed by atoms with Crippen molar-refractivity contribution in [3.05, 3.63) is 18.5 Å². The minimum absolute atomic E-state index is 0.0943. The zero-order valence-corrected chi connectivity index (χ0v) is 10.1. The molecule has 1 aliphatic rings. The molecule has 0 saturated carbocycles. The highest BCUT2D eigenvalue weighted by atomic mass is 16.2. The van der Waals surface area contributed by atoms with Gasteiger partial charge in [0.25, 0.3) is 0 Å². The first-order chi connectivity index (χ1) is 8.33. The fourth-order valence-corrected chi connectivity index (χ4v) is 2.08. The summed E-state index contributed by atoms with van der Waals surface area (Å²) in [7, 11) is 0. The molecule has 1 N–H and O–H groups in total. The van der Waals surface area contributed by atoms with Crippen LogP contribution in [0.1, 0.15) is 26.2 Å². The van der Waals surface area contributed by atoms with Gasteiger partial charge in [0.1, 0.15) is 6.04 Å². The first kappa shape index (κ1) is 11.8. The quantitative estimate of drug-likeness (QED) is 0.843. The number of rotatable bonds is 4. The standard InChI is InChI=1S/C12H18N4O/c1-2-6-13-11(17)10-5-3-9-16(10)12-14-7-4-8-15-12/h4,7-8,10H,2-3,5-6,9H2,1H3,(H,13,17)/t10-/m1/s1. The van der Waals surface area contributed by atoms with E-state index >= 15 is 0 Å². The van der Waals surface area contributed by atoms with E-state index in [4.69, 9.17) is 0 Å². The molecule has 0 aromatic carbocycles. The van der Waals surface area contributed by atoms with Gasteiger partial charge in [-0.15, -0.1) is 0 Å². The van der Waals surface area contributed by atoms with Crippen LogP contribution in [0.2, 0.25) is 0 Å². The van der Waals surface area contributed by atoms with Gasteiger partial charge in [0.05, 0.1) is 0 Å². The SMILES string of the molecule is CCCNC(=O)[C@H]1CCCN1c1ncccn1. The zero-order chi connectivity index (χ0) is 12.1. The van der Waals surface area contributed by atoms with E-state index in [-0.39, 0.29) is 11.9 Å². The lowest BCUT2D eigenvalue weighted by Crippen LogP contribution is -2.44. The second-order valence-corrected chi connectivity index (χ2v) is 4.19. The first-order valence-electron chi connectivity index (χ1n) is 6.14. The van der Waals surface area contributed by atoms with E-state index in [0.29, 0.717) is 5.95 Å². The fraction of sp³-hybridized carbons (Fsp3) is 0.583. The molecule has 5 nitrogen and oxygen atoms in total. The van der Waals surface area contributed by atoms with Gasteiger partial charge in [-0.2, -0.15) is 0 Å². The summed E-state index contributed by atoms with van der Waals surface area (Å²) in [6.45, 7) is 3.64. The summed E-state index contributed by atoms with van der Waals surface area (Å²) in [6.07, 6.45) is 6.28. The largest absolute Gasteiger partial charge is 0.354 e. The molecule has 17 heavy (non-hydrogen) atoms. The van der Waals surface area contributed by atoms with Crippen LogP contribution in [0.3, 0.4) is 0 Å². The number of carbonyl (C=O) groups excluding carboxylic acids is 1. The lowest BCUT2D eigenvalue weighted by Gasteiger charge is -2.23. The van der Waals surface area contributed by atoms with Crippen LogP contribution in [-0.4, -0.2) is 35.0 Å². The Hall–Kier alpha value is -1.65. The number of hydrogen-bond acceptors (Lipinski definition) is 4. The number of nitrogens with one attached hydrogen (secondary N) is 1. The number of anilines is 1. The van der Waals surface area contributed by atoms with Gasteiger partial charge in [-0.25, -0.2) is 9.97 Å². The summed E-state index contributed by atoms with van der Waals surface area (Å²) in [5.74, 6) is 0.749. The number of amides is 1. The van der Waals surface area contributed by atoms with Gasteiger partial charge in [-0.05, 0) is 25.3 Å². The van der Waals surface area contributed by atoms with Crippen molar-refractivity contribution in [2.75, 3.05) is 18.0 Å². The van der Waals surface area contributed by atoms with E-state index in [2.05, 4.69) is 15.3 Å². The highest BCUT2D eigenvalue weighted by Crippen LogP contribution is 2.21. The first-order valence-corrected chi connectivity index (χ1v) is 6.14. The molecule has 0 bridgehead atoms. The van der Waals surface area contributed by atoms with E-state index in [9.17, 15) is 4.79 Å². The number of aromatic nitrogens is 2. The Morgan fingerprint density at radius 2 is 2.29 bits per heavy atom. The second kappa shape index (κ2) is 5.61. The maximum atomic E-state index is 12.0. The topological polar surface area (TPSA) is 58.1 Å². The van der Waals surface area contributed by atoms with Gasteiger partial charge in [0, 0.05) is 25.5 Å². The molecule has 5 heteroatoms. The molecule has 1 saturated heterocycles. The molecule has 1 aliphatic heterocycles. The molecule has 92 valence electrons. The van der Waals surface area contributed by atoms with Gasteiger partial charge < -0.3 is 10.2 Å². The molecular weight excluding hydrogens is 216 g/mol. The van der Waals surface area contributed by atoms with Crippen LogP contribution in [0.4, 0.5) is 5.95 Å². The number of nitrogens with zero attached hydrogens (tertiary/aromatic N) is 3. The van der Waals surface area contributed by atoms with Crippen LogP contribution in [0, 0.1) is 0 Å². The number of carbonyl (C=O) groups is 1. The summed E-state index contributed by atoms with van der Waals surface area (Å²) < 4.78 is 0. The maximum Gasteiger partial charge on any atom is 0.242 e. The molecule has 2 heterocycles. The molecule has 0 radical (unpaired) electrons. The lowest BCUT2D eigenvalue weighted by molar-refractivity contribution is -0.122. The Labute approximate surface area is 101 Å². The molecule has 0 spiro atoms. The van der Waals surface area contributed by atoms with E-state index in [1.165, 1.54) is 0 Å². The third-order valence-corrected chi connectivity index (χ3v) is 2.91. The van der Waals surface area contributed by atoms with Gasteiger partial charge in [0.2, 0.25) is 11.9 Å². The Bertz CT molecular complexity index is 368. The van der Waals surface area contributed by atoms with Crippen molar-refractivity contribution in [3.8, 4) is 0 Å². The molecular formula is C12H18N4O. The summed E-state index contributed by atoms with van der Waals surface area (Å²) >= 11 is 0. The smallest absolute Gasteiger partial charge is 0.242 e. The van der Waals surface area contributed by atoms with Crippen LogP contribution in [0.15, 0.2) is 18.5 Å². The average molecular weight is 234 g/mol. The molecule has 0 unspecified atom stereocenters. The normalized spacial score (nSPS) is 19.4. The monoisotopic (exact) mass is 234 g/mol. The van der Waals surface area contributed by atoms with Gasteiger partial charge in [-0.1, -0.05) is 6.92 Å². The Balaban J connectivity index is 2.05. The van der Waals surface area contributed by atoms with Crippen LogP contribution >= 0.6 is 0 Å². The minimum atomic E-state index is -0.107. The van der Waals surface area contributed by atoms with Gasteiger partial charge >= 0.3 is 0 Å². The molecule has 2 rings (SSSR count). The van der Waals surface area contributed by atoms with Gasteiger partial charge in [-0.3, -0.25) is 4.79 Å². The molecule has 1 atom stereocenters. The second-order valence-electron chi connectivity index (χ2n) is 4.19. The average Bonchev–Trinajstić information content (AvgIpc) is 2.86. The van der Waals surface area contributed by atoms with Crippen molar-refractivity contribution < 1.29 is 4.79 Å². The predicted octanol–water partition coefficient (Wildman–Crippen LogP) is 0.972. The van der Waals surface area contributed by atoms with E-state index in [0.717, 1.165) is 32.4 Å². The Morgan fingerprint density at radius 3 is 3.00 bits per heavy atom. The fourth-order valence-electron chi connectivity index (χ4n) is 2.08. The molecule has 1 fully saturated rings. The maximum absolute atomic E-state index is 12.0. The summed E-state index contributed by atoms with van der Waals surface area (Å²) in [5, 5.41) is 2.94. The van der Waals surface area contributed by atoms with Crippen LogP contribution in [-0.2, 0) is 4.79 Å². The summed E-state index contributed by atoms with van der Waals surface area (Å²) in [4.78, 5) is 22.4. The summed E-state index contributed by atoms with van der Waals surface area (Å²) in [5.41, 5.74) is 0. The molecule has 1 amide bonds. The minimum Gasteiger partial charge on any atom is -0.354 e. The van der Waals surface area contributed by atoms with E-state index < -0.39 is 0 Å². The van der Waals surface area contributed by atoms with Crippen LogP contribution in [0.5, 0.6) is 0 Å². The van der Waals surface area contributed by atoms with E-state index in [1.807, 2.05) is 11.8 Å². The third-order valence-electron chi connectivity index (χ3n) is 2.91. The van der Waals surface area contributed by atoms with Crippen molar-refractivity contribution in [2.24, 2.45) is 0 Å². The zero-order valence-electron chi connectivity index (χ0n) is 10.1. The predicted molar refractivity (Wildman–Crippen MR) is 65.7 cm³/mol. The Kier molecular flexibility index (Phi) is 3.90. The molecule has 0 aliphatic carbocycles. The van der Waals surface area contributed by atoms with Crippen molar-refractivity contribution in [1.29, 1.82) is 0 Å². The highest BCUT2D eigenvalue weighted by Gasteiger charge is 2.31. The van der Waals surface area contributed by atoms with Crippen LogP contribution in [0.25, 0.3) is 0 Å². The van der Waals surface area contributed by atoms with E-state index in [1.54, 1.807) is 18.5 Å². The third kappa shape index (κ3) is 2.72. The van der Waals surface area contributed by atoms with Crippen LogP contribution < -0.4 is 10.2 Å². The summed E-state index contributed by atoms with van der Waals surface area (Å²) in [6, 6.07) is 1.68. The molecule has 1 aromatic rings. The Morgan fingerprint density at radius 1 is 1.53 bits per heavy atom. The lowest BCUT2D eigenvalue weighted by atomic mass is 10.2. The van der Waals surface area contributed by atoms with Crippen molar-refractivity contribution in [2.45, 2.75) is 32.2 Å². The highest BCUT2D eigenvalue weighted by molar-refractivity contribution is 5.85. The number of hydrogen-bond donors (Lipinski definition) is 1. The van der Waals surface area contributed by atoms with Crippen molar-refractivity contribution in [3.63, 3.8) is 0 Å². The van der Waals surface area contributed by atoms with Crippen molar-refractivity contribution in [1.82, 2.24) is 15.3 Å².